The van der Waals surface area contributed by atoms with Crippen molar-refractivity contribution in [3.05, 3.63) is 66.8 Å². The molecule has 3 rings (SSSR count). The smallest absolute Gasteiger partial charge is 0.417 e. The van der Waals surface area contributed by atoms with Crippen LogP contribution in [-0.4, -0.2) is 11.1 Å². The number of para-hydroxylation sites is 1. The lowest BCUT2D eigenvalue weighted by molar-refractivity contribution is 0.215. The molecule has 0 aliphatic rings. The Morgan fingerprint density at radius 1 is 1.09 bits per heavy atom. The number of nitrogens with one attached hydrogen (secondary N) is 1. The van der Waals surface area contributed by atoms with Crippen LogP contribution < -0.4 is 10.1 Å². The summed E-state index contributed by atoms with van der Waals surface area (Å²) >= 11 is 0. The highest BCUT2D eigenvalue weighted by atomic mass is 16.6. The molecule has 0 bridgehead atoms. The van der Waals surface area contributed by atoms with Crippen LogP contribution in [0.5, 0.6) is 5.75 Å². The van der Waals surface area contributed by atoms with Crippen molar-refractivity contribution >= 4 is 11.8 Å². The Morgan fingerprint density at radius 3 is 2.45 bits per heavy atom. The molecule has 0 saturated heterocycles. The lowest BCUT2D eigenvalue weighted by atomic mass is 10.1. The normalized spacial score (nSPS) is 10.2. The van der Waals surface area contributed by atoms with Gasteiger partial charge in [-0.15, -0.1) is 0 Å². The minimum Gasteiger partial charge on any atom is -0.449 e. The zero-order valence-corrected chi connectivity index (χ0v) is 11.9. The third-order valence-corrected chi connectivity index (χ3v) is 3.00. The van der Waals surface area contributed by atoms with Gasteiger partial charge in [-0.3, -0.25) is 5.32 Å². The predicted octanol–water partition coefficient (Wildman–Crippen LogP) is 4.26. The average molecular weight is 294 g/mol. The maximum absolute atomic E-state index is 11.8. The van der Waals surface area contributed by atoms with E-state index in [2.05, 4.69) is 10.3 Å². The number of aromatic nitrogens is 1. The second-order valence-electron chi connectivity index (χ2n) is 4.66. The minimum absolute atomic E-state index is 0.495. The summed E-state index contributed by atoms with van der Waals surface area (Å²) in [4.78, 5) is 16.0. The van der Waals surface area contributed by atoms with Crippen molar-refractivity contribution in [3.8, 4) is 17.0 Å². The highest BCUT2D eigenvalue weighted by Crippen LogP contribution is 2.21. The Kier molecular flexibility index (Phi) is 3.87. The van der Waals surface area contributed by atoms with E-state index in [1.54, 1.807) is 49.6 Å². The summed E-state index contributed by atoms with van der Waals surface area (Å²) in [5.74, 6) is 1.11. The Hall–Kier alpha value is -3.08. The molecule has 3 aromatic rings. The number of oxazole rings is 1. The Labute approximate surface area is 127 Å². The van der Waals surface area contributed by atoms with Crippen LogP contribution in [-0.2, 0) is 0 Å². The lowest BCUT2D eigenvalue weighted by Crippen LogP contribution is -2.16. The van der Waals surface area contributed by atoms with Crippen molar-refractivity contribution in [2.75, 3.05) is 5.32 Å². The summed E-state index contributed by atoms with van der Waals surface area (Å²) in [5.41, 5.74) is 2.32. The molecule has 22 heavy (non-hydrogen) atoms. The van der Waals surface area contributed by atoms with Gasteiger partial charge in [0.25, 0.3) is 0 Å². The number of aryl methyl sites for hydroxylation is 1. The third-order valence-electron chi connectivity index (χ3n) is 3.00. The average Bonchev–Trinajstić information content (AvgIpc) is 2.95. The number of carbonyl (C=O) groups excluding carboxylic acids is 1. The van der Waals surface area contributed by atoms with Gasteiger partial charge in [-0.1, -0.05) is 30.3 Å². The fourth-order valence-corrected chi connectivity index (χ4v) is 1.96. The van der Waals surface area contributed by atoms with Gasteiger partial charge in [0.1, 0.15) is 17.7 Å². The molecule has 0 aliphatic carbocycles. The molecule has 0 spiro atoms. The lowest BCUT2D eigenvalue weighted by Gasteiger charge is -2.06. The quantitative estimate of drug-likeness (QED) is 0.783. The van der Waals surface area contributed by atoms with E-state index in [1.165, 1.54) is 0 Å². The number of benzene rings is 2. The molecule has 0 aliphatic heterocycles. The number of nitrogens with zero attached hydrogens (tertiary/aromatic N) is 1. The second kappa shape index (κ2) is 6.13. The topological polar surface area (TPSA) is 64.4 Å². The minimum atomic E-state index is -0.531. The molecule has 1 heterocycles. The Balaban J connectivity index is 1.65. The first-order valence-corrected chi connectivity index (χ1v) is 6.77. The van der Waals surface area contributed by atoms with Gasteiger partial charge in [0, 0.05) is 18.2 Å². The zero-order valence-electron chi connectivity index (χ0n) is 11.9. The fraction of sp³-hybridized carbons (Fsp3) is 0.0588. The molecule has 110 valence electrons. The molecule has 0 atom stereocenters. The van der Waals surface area contributed by atoms with Gasteiger partial charge in [0.2, 0.25) is 0 Å². The summed E-state index contributed by atoms with van der Waals surface area (Å²) in [7, 11) is 0. The van der Waals surface area contributed by atoms with Crippen LogP contribution in [0.1, 0.15) is 5.89 Å². The summed E-state index contributed by atoms with van der Waals surface area (Å²) in [5, 5.41) is 2.67. The van der Waals surface area contributed by atoms with E-state index in [1.807, 2.05) is 18.2 Å². The number of ether oxygens (including phenoxy) is 1. The molecular weight excluding hydrogens is 280 g/mol. The van der Waals surface area contributed by atoms with Gasteiger partial charge in [-0.05, 0) is 24.3 Å². The fourth-order valence-electron chi connectivity index (χ4n) is 1.96. The number of carbonyl (C=O) groups is 1. The first-order chi connectivity index (χ1) is 10.7. The third kappa shape index (κ3) is 3.32. The molecule has 2 aromatic carbocycles. The maximum Gasteiger partial charge on any atom is 0.417 e. The van der Waals surface area contributed by atoms with Crippen LogP contribution in [0.4, 0.5) is 10.5 Å². The van der Waals surface area contributed by atoms with E-state index >= 15 is 0 Å². The molecule has 0 unspecified atom stereocenters. The number of rotatable bonds is 3. The standard InChI is InChI=1S/C17H14N2O3/c1-12-18-16(11-21-12)13-7-9-14(10-8-13)19-17(20)22-15-5-3-2-4-6-15/h2-11H,1H3,(H,19,20). The number of anilines is 1. The Bertz CT molecular complexity index is 764. The van der Waals surface area contributed by atoms with Crippen LogP contribution in [0, 0.1) is 6.92 Å². The predicted molar refractivity (Wildman–Crippen MR) is 82.8 cm³/mol. The van der Waals surface area contributed by atoms with Crippen molar-refractivity contribution in [3.63, 3.8) is 0 Å². The molecular formula is C17H14N2O3. The van der Waals surface area contributed by atoms with Gasteiger partial charge in [0.05, 0.1) is 0 Å². The van der Waals surface area contributed by atoms with Crippen LogP contribution in [0.25, 0.3) is 11.3 Å². The van der Waals surface area contributed by atoms with Crippen LogP contribution in [0.15, 0.2) is 65.3 Å². The van der Waals surface area contributed by atoms with Crippen molar-refractivity contribution < 1.29 is 13.9 Å². The molecule has 0 fully saturated rings. The monoisotopic (exact) mass is 294 g/mol. The number of amides is 1. The van der Waals surface area contributed by atoms with Crippen LogP contribution >= 0.6 is 0 Å². The first-order valence-electron chi connectivity index (χ1n) is 6.77. The molecule has 1 amide bonds. The van der Waals surface area contributed by atoms with Crippen molar-refractivity contribution in [1.82, 2.24) is 4.98 Å². The van der Waals surface area contributed by atoms with E-state index in [-0.39, 0.29) is 0 Å². The number of hydrogen-bond acceptors (Lipinski definition) is 4. The molecule has 5 heteroatoms. The molecule has 5 nitrogen and oxygen atoms in total. The zero-order chi connectivity index (χ0) is 15.4. The molecule has 0 radical (unpaired) electrons. The van der Waals surface area contributed by atoms with E-state index < -0.39 is 6.09 Å². The maximum atomic E-state index is 11.8. The molecule has 1 aromatic heterocycles. The van der Waals surface area contributed by atoms with E-state index in [0.717, 1.165) is 11.3 Å². The number of hydrogen-bond donors (Lipinski definition) is 1. The van der Waals surface area contributed by atoms with Gasteiger partial charge < -0.3 is 9.15 Å². The summed E-state index contributed by atoms with van der Waals surface area (Å²) in [6.07, 6.45) is 1.07. The summed E-state index contributed by atoms with van der Waals surface area (Å²) in [6, 6.07) is 16.2. The van der Waals surface area contributed by atoms with Gasteiger partial charge >= 0.3 is 6.09 Å². The van der Waals surface area contributed by atoms with Crippen molar-refractivity contribution in [2.24, 2.45) is 0 Å². The van der Waals surface area contributed by atoms with Crippen molar-refractivity contribution in [1.29, 1.82) is 0 Å². The Morgan fingerprint density at radius 2 is 1.82 bits per heavy atom. The van der Waals surface area contributed by atoms with Gasteiger partial charge in [-0.25, -0.2) is 9.78 Å². The first kappa shape index (κ1) is 13.9. The van der Waals surface area contributed by atoms with Crippen LogP contribution in [0.3, 0.4) is 0 Å². The van der Waals surface area contributed by atoms with Gasteiger partial charge in [0.15, 0.2) is 5.89 Å². The largest absolute Gasteiger partial charge is 0.449 e. The summed E-state index contributed by atoms with van der Waals surface area (Å²) < 4.78 is 10.3. The van der Waals surface area contributed by atoms with E-state index in [9.17, 15) is 4.79 Å². The van der Waals surface area contributed by atoms with Crippen molar-refractivity contribution in [2.45, 2.75) is 6.92 Å². The van der Waals surface area contributed by atoms with E-state index in [4.69, 9.17) is 9.15 Å². The SMILES string of the molecule is Cc1nc(-c2ccc(NC(=O)Oc3ccccc3)cc2)co1. The molecule has 0 saturated carbocycles. The summed E-state index contributed by atoms with van der Waals surface area (Å²) in [6.45, 7) is 1.79. The van der Waals surface area contributed by atoms with Crippen LogP contribution in [0.2, 0.25) is 0 Å². The van der Waals surface area contributed by atoms with E-state index in [0.29, 0.717) is 17.3 Å². The second-order valence-corrected chi connectivity index (χ2v) is 4.66. The highest BCUT2D eigenvalue weighted by Gasteiger charge is 2.06. The van der Waals surface area contributed by atoms with Gasteiger partial charge in [-0.2, -0.15) is 0 Å². The molecule has 1 N–H and O–H groups in total. The highest BCUT2D eigenvalue weighted by molar-refractivity contribution is 5.86.